The number of methoxy groups -OCH3 is 1. The van der Waals surface area contributed by atoms with Crippen LogP contribution in [-0.4, -0.2) is 7.11 Å². The summed E-state index contributed by atoms with van der Waals surface area (Å²) in [6.07, 6.45) is 0. The van der Waals surface area contributed by atoms with Crippen molar-refractivity contribution in [2.24, 2.45) is 0 Å². The van der Waals surface area contributed by atoms with Gasteiger partial charge in [0.2, 0.25) is 0 Å². The summed E-state index contributed by atoms with van der Waals surface area (Å²) >= 11 is 1.67. The Morgan fingerprint density at radius 2 is 1.71 bits per heavy atom. The number of nitrogens with two attached hydrogens (primary N) is 1. The summed E-state index contributed by atoms with van der Waals surface area (Å²) in [4.78, 5) is 2.24. The van der Waals surface area contributed by atoms with Crippen molar-refractivity contribution in [2.45, 2.75) is 16.7 Å². The number of aryl methyl sites for hydroxylation is 1. The number of para-hydroxylation sites is 1. The molecule has 0 bridgehead atoms. The van der Waals surface area contributed by atoms with Crippen LogP contribution < -0.4 is 10.5 Å². The van der Waals surface area contributed by atoms with Crippen molar-refractivity contribution in [3.8, 4) is 5.75 Å². The molecule has 0 heterocycles. The highest BCUT2D eigenvalue weighted by molar-refractivity contribution is 7.99. The highest BCUT2D eigenvalue weighted by Crippen LogP contribution is 2.37. The third-order valence-corrected chi connectivity index (χ3v) is 3.81. The van der Waals surface area contributed by atoms with Crippen LogP contribution in [0.4, 0.5) is 5.69 Å². The van der Waals surface area contributed by atoms with E-state index in [1.165, 1.54) is 10.5 Å². The molecular weight excluding hydrogens is 230 g/mol. The summed E-state index contributed by atoms with van der Waals surface area (Å²) in [6.45, 7) is 2.10. The Kier molecular flexibility index (Phi) is 3.59. The molecule has 3 heteroatoms. The number of anilines is 1. The van der Waals surface area contributed by atoms with Gasteiger partial charge in [0.25, 0.3) is 0 Å². The van der Waals surface area contributed by atoms with Gasteiger partial charge in [0.15, 0.2) is 0 Å². The molecule has 88 valence electrons. The van der Waals surface area contributed by atoms with Gasteiger partial charge in [0.1, 0.15) is 5.75 Å². The number of ether oxygens (including phenoxy) is 1. The van der Waals surface area contributed by atoms with Crippen LogP contribution in [0.2, 0.25) is 0 Å². The quantitative estimate of drug-likeness (QED) is 0.837. The zero-order chi connectivity index (χ0) is 12.3. The largest absolute Gasteiger partial charge is 0.495 e. The Labute approximate surface area is 106 Å². The van der Waals surface area contributed by atoms with Crippen molar-refractivity contribution in [1.29, 1.82) is 0 Å². The van der Waals surface area contributed by atoms with Crippen molar-refractivity contribution in [3.63, 3.8) is 0 Å². The van der Waals surface area contributed by atoms with E-state index in [1.54, 1.807) is 18.9 Å². The second kappa shape index (κ2) is 5.15. The highest BCUT2D eigenvalue weighted by atomic mass is 32.2. The van der Waals surface area contributed by atoms with Gasteiger partial charge < -0.3 is 10.5 Å². The third kappa shape index (κ3) is 2.56. The molecule has 2 nitrogen and oxygen atoms in total. The summed E-state index contributed by atoms with van der Waals surface area (Å²) in [5, 5.41) is 0. The van der Waals surface area contributed by atoms with Crippen LogP contribution in [0.3, 0.4) is 0 Å². The second-order valence-corrected chi connectivity index (χ2v) is 4.82. The molecule has 0 aliphatic heterocycles. The van der Waals surface area contributed by atoms with E-state index in [9.17, 15) is 0 Å². The molecule has 0 aliphatic rings. The van der Waals surface area contributed by atoms with Gasteiger partial charge in [-0.15, -0.1) is 0 Å². The molecule has 0 aliphatic carbocycles. The minimum Gasteiger partial charge on any atom is -0.495 e. The molecule has 17 heavy (non-hydrogen) atoms. The fourth-order valence-corrected chi connectivity index (χ4v) is 2.55. The Bertz CT molecular complexity index is 525. The molecule has 2 aromatic rings. The van der Waals surface area contributed by atoms with E-state index in [2.05, 4.69) is 19.1 Å². The predicted molar refractivity (Wildman–Crippen MR) is 72.7 cm³/mol. The fourth-order valence-electron chi connectivity index (χ4n) is 1.58. The van der Waals surface area contributed by atoms with Gasteiger partial charge in [-0.2, -0.15) is 0 Å². The van der Waals surface area contributed by atoms with Gasteiger partial charge in [0, 0.05) is 9.79 Å². The van der Waals surface area contributed by atoms with E-state index in [0.717, 1.165) is 10.6 Å². The minimum absolute atomic E-state index is 0.697. The molecule has 0 spiro atoms. The molecule has 0 radical (unpaired) electrons. The van der Waals surface area contributed by atoms with Crippen LogP contribution in [-0.2, 0) is 0 Å². The summed E-state index contributed by atoms with van der Waals surface area (Å²) in [6, 6.07) is 14.1. The molecule has 0 amide bonds. The SMILES string of the molecule is COc1cccc(Sc2ccccc2C)c1N. The summed E-state index contributed by atoms with van der Waals surface area (Å²) < 4.78 is 5.22. The molecule has 0 atom stereocenters. The number of rotatable bonds is 3. The fraction of sp³-hybridized carbons (Fsp3) is 0.143. The van der Waals surface area contributed by atoms with E-state index < -0.39 is 0 Å². The molecule has 0 saturated carbocycles. The van der Waals surface area contributed by atoms with Gasteiger partial charge in [-0.3, -0.25) is 0 Å². The Morgan fingerprint density at radius 1 is 1.00 bits per heavy atom. The maximum absolute atomic E-state index is 6.05. The van der Waals surface area contributed by atoms with Crippen LogP contribution in [0.1, 0.15) is 5.56 Å². The standard InChI is InChI=1S/C14H15NOS/c1-10-6-3-4-8-12(10)17-13-9-5-7-11(16-2)14(13)15/h3-9H,15H2,1-2H3. The average Bonchev–Trinajstić information content (AvgIpc) is 2.34. The Morgan fingerprint density at radius 3 is 2.41 bits per heavy atom. The normalized spacial score (nSPS) is 10.2. The topological polar surface area (TPSA) is 35.2 Å². The van der Waals surface area contributed by atoms with E-state index in [-0.39, 0.29) is 0 Å². The summed E-state index contributed by atoms with van der Waals surface area (Å²) in [7, 11) is 1.63. The first-order chi connectivity index (χ1) is 8.22. The first-order valence-electron chi connectivity index (χ1n) is 5.38. The van der Waals surface area contributed by atoms with Gasteiger partial charge in [-0.25, -0.2) is 0 Å². The smallest absolute Gasteiger partial charge is 0.142 e. The molecule has 2 aromatic carbocycles. The van der Waals surface area contributed by atoms with Crippen LogP contribution in [0.25, 0.3) is 0 Å². The lowest BCUT2D eigenvalue weighted by Crippen LogP contribution is -1.94. The Balaban J connectivity index is 2.34. The zero-order valence-electron chi connectivity index (χ0n) is 9.94. The zero-order valence-corrected chi connectivity index (χ0v) is 10.8. The molecule has 0 aromatic heterocycles. The van der Waals surface area contributed by atoms with Crippen molar-refractivity contribution >= 4 is 17.4 Å². The third-order valence-electron chi connectivity index (χ3n) is 2.56. The van der Waals surface area contributed by atoms with E-state index in [0.29, 0.717) is 5.69 Å². The van der Waals surface area contributed by atoms with Crippen LogP contribution in [0.15, 0.2) is 52.3 Å². The average molecular weight is 245 g/mol. The van der Waals surface area contributed by atoms with E-state index in [4.69, 9.17) is 10.5 Å². The van der Waals surface area contributed by atoms with Crippen molar-refractivity contribution in [3.05, 3.63) is 48.0 Å². The lowest BCUT2D eigenvalue weighted by Gasteiger charge is -2.10. The van der Waals surface area contributed by atoms with Crippen LogP contribution >= 0.6 is 11.8 Å². The number of hydrogen-bond acceptors (Lipinski definition) is 3. The predicted octanol–water partition coefficient (Wildman–Crippen LogP) is 3.74. The first kappa shape index (κ1) is 11.9. The molecule has 0 saturated heterocycles. The summed E-state index contributed by atoms with van der Waals surface area (Å²) in [5.41, 5.74) is 7.99. The molecular formula is C14H15NOS. The molecule has 2 N–H and O–H groups in total. The van der Waals surface area contributed by atoms with Crippen molar-refractivity contribution in [1.82, 2.24) is 0 Å². The van der Waals surface area contributed by atoms with E-state index >= 15 is 0 Å². The monoisotopic (exact) mass is 245 g/mol. The molecule has 0 fully saturated rings. The lowest BCUT2D eigenvalue weighted by molar-refractivity contribution is 0.416. The second-order valence-electron chi connectivity index (χ2n) is 3.74. The maximum Gasteiger partial charge on any atom is 0.142 e. The van der Waals surface area contributed by atoms with Gasteiger partial charge in [0.05, 0.1) is 12.8 Å². The minimum atomic E-state index is 0.697. The number of hydrogen-bond donors (Lipinski definition) is 1. The van der Waals surface area contributed by atoms with Gasteiger partial charge in [-0.1, -0.05) is 36.0 Å². The lowest BCUT2D eigenvalue weighted by atomic mass is 10.2. The van der Waals surface area contributed by atoms with Gasteiger partial charge >= 0.3 is 0 Å². The van der Waals surface area contributed by atoms with Gasteiger partial charge in [-0.05, 0) is 30.7 Å². The first-order valence-corrected chi connectivity index (χ1v) is 6.20. The number of nitrogen functional groups attached to an aromatic ring is 1. The maximum atomic E-state index is 6.05. The molecule has 2 rings (SSSR count). The summed E-state index contributed by atoms with van der Waals surface area (Å²) in [5.74, 6) is 0.726. The van der Waals surface area contributed by atoms with E-state index in [1.807, 2.05) is 30.3 Å². The molecule has 0 unspecified atom stereocenters. The number of benzene rings is 2. The van der Waals surface area contributed by atoms with Crippen molar-refractivity contribution < 1.29 is 4.74 Å². The highest BCUT2D eigenvalue weighted by Gasteiger charge is 2.07. The van der Waals surface area contributed by atoms with Crippen LogP contribution in [0.5, 0.6) is 5.75 Å². The van der Waals surface area contributed by atoms with Crippen molar-refractivity contribution in [2.75, 3.05) is 12.8 Å². The van der Waals surface area contributed by atoms with Crippen LogP contribution in [0, 0.1) is 6.92 Å². The Hall–Kier alpha value is -1.61.